The maximum atomic E-state index is 2.44. The van der Waals surface area contributed by atoms with E-state index in [-0.39, 0.29) is 6.15 Å². The van der Waals surface area contributed by atoms with Crippen LogP contribution in [0.2, 0.25) is 0 Å². The Balaban J connectivity index is 0.00000121. The third-order valence-electron chi connectivity index (χ3n) is 3.20. The SMILES string of the molecule is CCCC(C)C1CCCCC1.N. The van der Waals surface area contributed by atoms with Crippen LogP contribution in [0, 0.1) is 11.8 Å². The van der Waals surface area contributed by atoms with Gasteiger partial charge in [-0.2, -0.15) is 0 Å². The molecule has 1 saturated carbocycles. The molecule has 0 aromatic carbocycles. The van der Waals surface area contributed by atoms with E-state index in [4.69, 9.17) is 0 Å². The first-order valence-electron chi connectivity index (χ1n) is 5.34. The van der Waals surface area contributed by atoms with Gasteiger partial charge in [-0.05, 0) is 11.8 Å². The zero-order valence-electron chi connectivity index (χ0n) is 8.81. The van der Waals surface area contributed by atoms with Crippen molar-refractivity contribution in [3.8, 4) is 0 Å². The molecule has 0 bridgehead atoms. The number of rotatable bonds is 3. The molecule has 0 heterocycles. The van der Waals surface area contributed by atoms with Gasteiger partial charge in [0.15, 0.2) is 0 Å². The summed E-state index contributed by atoms with van der Waals surface area (Å²) in [5, 5.41) is 0. The van der Waals surface area contributed by atoms with Gasteiger partial charge >= 0.3 is 0 Å². The maximum Gasteiger partial charge on any atom is -0.0388 e. The van der Waals surface area contributed by atoms with Crippen LogP contribution in [0.25, 0.3) is 0 Å². The van der Waals surface area contributed by atoms with Gasteiger partial charge in [0.05, 0.1) is 0 Å². The monoisotopic (exact) mass is 171 g/mol. The van der Waals surface area contributed by atoms with Crippen LogP contribution >= 0.6 is 0 Å². The summed E-state index contributed by atoms with van der Waals surface area (Å²) in [6, 6.07) is 0. The Morgan fingerprint density at radius 1 is 1.17 bits per heavy atom. The average molecular weight is 171 g/mol. The summed E-state index contributed by atoms with van der Waals surface area (Å²) in [6.45, 7) is 4.75. The topological polar surface area (TPSA) is 35.0 Å². The van der Waals surface area contributed by atoms with Crippen molar-refractivity contribution in [3.05, 3.63) is 0 Å². The van der Waals surface area contributed by atoms with E-state index in [2.05, 4.69) is 13.8 Å². The summed E-state index contributed by atoms with van der Waals surface area (Å²) in [5.74, 6) is 2.07. The van der Waals surface area contributed by atoms with Crippen molar-refractivity contribution >= 4 is 0 Å². The molecule has 1 heteroatoms. The second kappa shape index (κ2) is 6.47. The minimum atomic E-state index is 0. The van der Waals surface area contributed by atoms with E-state index in [1.807, 2.05) is 0 Å². The Morgan fingerprint density at radius 2 is 1.75 bits per heavy atom. The van der Waals surface area contributed by atoms with Gasteiger partial charge in [0.2, 0.25) is 0 Å². The molecule has 74 valence electrons. The van der Waals surface area contributed by atoms with Crippen LogP contribution in [-0.2, 0) is 0 Å². The van der Waals surface area contributed by atoms with E-state index in [9.17, 15) is 0 Å². The Morgan fingerprint density at radius 3 is 2.25 bits per heavy atom. The summed E-state index contributed by atoms with van der Waals surface area (Å²) in [4.78, 5) is 0. The Labute approximate surface area is 77.5 Å². The second-order valence-corrected chi connectivity index (χ2v) is 4.16. The molecule has 0 aromatic heterocycles. The van der Waals surface area contributed by atoms with Crippen LogP contribution in [0.3, 0.4) is 0 Å². The molecule has 0 aliphatic heterocycles. The molecule has 0 saturated heterocycles. The molecule has 1 rings (SSSR count). The average Bonchev–Trinajstić information content (AvgIpc) is 2.07. The van der Waals surface area contributed by atoms with Gasteiger partial charge < -0.3 is 6.15 Å². The number of hydrogen-bond donors (Lipinski definition) is 1. The number of hydrogen-bond acceptors (Lipinski definition) is 1. The third kappa shape index (κ3) is 3.57. The zero-order chi connectivity index (χ0) is 8.10. The smallest absolute Gasteiger partial charge is 0.0388 e. The van der Waals surface area contributed by atoms with Gasteiger partial charge in [0, 0.05) is 0 Å². The normalized spacial score (nSPS) is 21.5. The van der Waals surface area contributed by atoms with Crippen molar-refractivity contribution in [2.24, 2.45) is 11.8 Å². The van der Waals surface area contributed by atoms with E-state index in [0.29, 0.717) is 0 Å². The summed E-state index contributed by atoms with van der Waals surface area (Å²) in [6.07, 6.45) is 10.3. The summed E-state index contributed by atoms with van der Waals surface area (Å²) in [5.41, 5.74) is 0. The Hall–Kier alpha value is -0.0400. The molecular formula is C11H25N. The van der Waals surface area contributed by atoms with Crippen LogP contribution in [0.4, 0.5) is 0 Å². The van der Waals surface area contributed by atoms with Crippen molar-refractivity contribution in [1.29, 1.82) is 0 Å². The zero-order valence-corrected chi connectivity index (χ0v) is 8.81. The van der Waals surface area contributed by atoms with Gasteiger partial charge in [0.1, 0.15) is 0 Å². The summed E-state index contributed by atoms with van der Waals surface area (Å²) in [7, 11) is 0. The fraction of sp³-hybridized carbons (Fsp3) is 1.00. The lowest BCUT2D eigenvalue weighted by molar-refractivity contribution is 0.251. The van der Waals surface area contributed by atoms with Gasteiger partial charge in [-0.1, -0.05) is 58.8 Å². The molecule has 1 fully saturated rings. The van der Waals surface area contributed by atoms with E-state index >= 15 is 0 Å². The van der Waals surface area contributed by atoms with E-state index < -0.39 is 0 Å². The van der Waals surface area contributed by atoms with Gasteiger partial charge in [-0.25, -0.2) is 0 Å². The highest BCUT2D eigenvalue weighted by molar-refractivity contribution is 4.70. The van der Waals surface area contributed by atoms with Crippen molar-refractivity contribution in [2.75, 3.05) is 0 Å². The van der Waals surface area contributed by atoms with Crippen LogP contribution < -0.4 is 6.15 Å². The molecule has 1 aliphatic rings. The predicted molar refractivity (Wildman–Crippen MR) is 55.7 cm³/mol. The molecule has 12 heavy (non-hydrogen) atoms. The summed E-state index contributed by atoms with van der Waals surface area (Å²) < 4.78 is 0. The lowest BCUT2D eigenvalue weighted by Gasteiger charge is -2.27. The third-order valence-corrected chi connectivity index (χ3v) is 3.20. The van der Waals surface area contributed by atoms with Crippen molar-refractivity contribution in [3.63, 3.8) is 0 Å². The maximum absolute atomic E-state index is 2.44. The van der Waals surface area contributed by atoms with Crippen LogP contribution in [-0.4, -0.2) is 0 Å². The second-order valence-electron chi connectivity index (χ2n) is 4.16. The molecule has 0 amide bonds. The van der Waals surface area contributed by atoms with Crippen LogP contribution in [0.5, 0.6) is 0 Å². The van der Waals surface area contributed by atoms with Crippen molar-refractivity contribution in [1.82, 2.24) is 6.15 Å². The highest BCUT2D eigenvalue weighted by Gasteiger charge is 2.18. The first-order valence-corrected chi connectivity index (χ1v) is 5.34. The standard InChI is InChI=1S/C11H22.H3N/c1-3-7-10(2)11-8-5-4-6-9-11;/h10-11H,3-9H2,1-2H3;1H3. The van der Waals surface area contributed by atoms with E-state index in [1.54, 1.807) is 0 Å². The van der Waals surface area contributed by atoms with Crippen molar-refractivity contribution < 1.29 is 0 Å². The Bertz CT molecular complexity index is 95.2. The summed E-state index contributed by atoms with van der Waals surface area (Å²) >= 11 is 0. The Kier molecular flexibility index (Phi) is 6.45. The largest absolute Gasteiger partial charge is 0.344 e. The van der Waals surface area contributed by atoms with E-state index in [0.717, 1.165) is 11.8 Å². The molecule has 1 nitrogen and oxygen atoms in total. The van der Waals surface area contributed by atoms with Crippen molar-refractivity contribution in [2.45, 2.75) is 58.8 Å². The van der Waals surface area contributed by atoms with Gasteiger partial charge in [-0.15, -0.1) is 0 Å². The minimum Gasteiger partial charge on any atom is -0.344 e. The highest BCUT2D eigenvalue weighted by Crippen LogP contribution is 2.31. The lowest BCUT2D eigenvalue weighted by Crippen LogP contribution is -2.14. The molecule has 1 aliphatic carbocycles. The fourth-order valence-corrected chi connectivity index (χ4v) is 2.39. The molecule has 0 radical (unpaired) electrons. The first kappa shape index (κ1) is 12.0. The molecule has 3 N–H and O–H groups in total. The highest BCUT2D eigenvalue weighted by atomic mass is 14.2. The van der Waals surface area contributed by atoms with Crippen LogP contribution in [0.15, 0.2) is 0 Å². The molecule has 0 spiro atoms. The molecular weight excluding hydrogens is 146 g/mol. The van der Waals surface area contributed by atoms with E-state index in [1.165, 1.54) is 44.9 Å². The first-order chi connectivity index (χ1) is 5.34. The van der Waals surface area contributed by atoms with Gasteiger partial charge in [0.25, 0.3) is 0 Å². The molecule has 1 atom stereocenters. The molecule has 0 aromatic rings. The van der Waals surface area contributed by atoms with Gasteiger partial charge in [-0.3, -0.25) is 0 Å². The quantitative estimate of drug-likeness (QED) is 0.679. The lowest BCUT2D eigenvalue weighted by atomic mass is 9.79. The fourth-order valence-electron chi connectivity index (χ4n) is 2.39. The van der Waals surface area contributed by atoms with Crippen LogP contribution in [0.1, 0.15) is 58.8 Å². The predicted octanol–water partition coefficient (Wildman–Crippen LogP) is 4.16. The minimum absolute atomic E-state index is 0. The molecule has 1 unspecified atom stereocenters.